The lowest BCUT2D eigenvalue weighted by atomic mass is 10.2. The second-order valence-corrected chi connectivity index (χ2v) is 6.08. The predicted molar refractivity (Wildman–Crippen MR) is 92.7 cm³/mol. The molecule has 0 unspecified atom stereocenters. The maximum absolute atomic E-state index is 11.7. The number of carbonyl (C=O) groups is 1. The van der Waals surface area contributed by atoms with E-state index in [0.29, 0.717) is 6.54 Å². The summed E-state index contributed by atoms with van der Waals surface area (Å²) < 4.78 is 1.98. The molecule has 0 aliphatic heterocycles. The van der Waals surface area contributed by atoms with Crippen molar-refractivity contribution >= 4 is 44.0 Å². The van der Waals surface area contributed by atoms with Gasteiger partial charge in [0.2, 0.25) is 0 Å². The highest BCUT2D eigenvalue weighted by molar-refractivity contribution is 9.10. The predicted octanol–water partition coefficient (Wildman–Crippen LogP) is 4.68. The molecule has 0 aliphatic carbocycles. The maximum Gasteiger partial charge on any atom is 0.319 e. The Kier molecular flexibility index (Phi) is 6.02. The number of nitrogens with one attached hydrogen (secondary N) is 2. The van der Waals surface area contributed by atoms with Gasteiger partial charge in [0.1, 0.15) is 0 Å². The van der Waals surface area contributed by atoms with E-state index in [1.54, 1.807) is 6.20 Å². The van der Waals surface area contributed by atoms with Crippen molar-refractivity contribution in [2.24, 2.45) is 0 Å². The van der Waals surface area contributed by atoms with Gasteiger partial charge in [-0.05, 0) is 35.4 Å². The highest BCUT2D eigenvalue weighted by atomic mass is 79.9. The molecule has 2 N–H and O–H groups in total. The standard InChI is InChI=1S/C16H14Br2N2O/c17-14-6-3-4-12(10-14)8-9-19-16(21)20-11-13-5-1-2-7-15(13)18/h1-10H,11H2,(H2,19,20,21)/b9-8+. The minimum absolute atomic E-state index is 0.239. The van der Waals surface area contributed by atoms with Crippen molar-refractivity contribution < 1.29 is 4.79 Å². The molecule has 0 spiro atoms. The SMILES string of the molecule is O=C(N/C=C/c1cccc(Br)c1)NCc1ccccc1Br. The van der Waals surface area contributed by atoms with Gasteiger partial charge in [-0.2, -0.15) is 0 Å². The average Bonchev–Trinajstić information content (AvgIpc) is 2.46. The first-order valence-corrected chi connectivity index (χ1v) is 7.93. The molecule has 0 radical (unpaired) electrons. The van der Waals surface area contributed by atoms with Crippen molar-refractivity contribution in [2.45, 2.75) is 6.54 Å². The molecule has 0 atom stereocenters. The fourth-order valence-corrected chi connectivity index (χ4v) is 2.53. The molecule has 0 bridgehead atoms. The van der Waals surface area contributed by atoms with Crippen molar-refractivity contribution in [1.29, 1.82) is 0 Å². The van der Waals surface area contributed by atoms with Gasteiger partial charge in [0.05, 0.1) is 0 Å². The molecular weight excluding hydrogens is 396 g/mol. The lowest BCUT2D eigenvalue weighted by molar-refractivity contribution is 0.244. The van der Waals surface area contributed by atoms with Gasteiger partial charge in [-0.25, -0.2) is 4.79 Å². The number of hydrogen-bond donors (Lipinski definition) is 2. The summed E-state index contributed by atoms with van der Waals surface area (Å²) in [4.78, 5) is 11.7. The Bertz CT molecular complexity index is 656. The first-order chi connectivity index (χ1) is 10.1. The molecule has 0 heterocycles. The summed E-state index contributed by atoms with van der Waals surface area (Å²) in [5, 5.41) is 5.48. The summed E-state index contributed by atoms with van der Waals surface area (Å²) in [6.45, 7) is 0.470. The molecule has 2 aromatic carbocycles. The van der Waals surface area contributed by atoms with Gasteiger partial charge >= 0.3 is 6.03 Å². The van der Waals surface area contributed by atoms with Crippen LogP contribution in [0.4, 0.5) is 4.79 Å². The molecule has 0 aliphatic rings. The quantitative estimate of drug-likeness (QED) is 0.756. The van der Waals surface area contributed by atoms with Crippen LogP contribution < -0.4 is 10.6 Å². The van der Waals surface area contributed by atoms with Crippen molar-refractivity contribution in [1.82, 2.24) is 10.6 Å². The van der Waals surface area contributed by atoms with Gasteiger partial charge in [0.25, 0.3) is 0 Å². The summed E-state index contributed by atoms with van der Waals surface area (Å²) in [6.07, 6.45) is 3.46. The molecule has 2 amide bonds. The fraction of sp³-hybridized carbons (Fsp3) is 0.0625. The minimum atomic E-state index is -0.239. The molecule has 0 saturated carbocycles. The van der Waals surface area contributed by atoms with Crippen LogP contribution in [0, 0.1) is 0 Å². The van der Waals surface area contributed by atoms with E-state index in [2.05, 4.69) is 42.5 Å². The number of carbonyl (C=O) groups excluding carboxylic acids is 1. The van der Waals surface area contributed by atoms with Crippen LogP contribution in [-0.4, -0.2) is 6.03 Å². The van der Waals surface area contributed by atoms with E-state index in [9.17, 15) is 4.79 Å². The first kappa shape index (κ1) is 15.8. The number of urea groups is 1. The molecule has 5 heteroatoms. The Labute approximate surface area is 140 Å². The lowest BCUT2D eigenvalue weighted by Gasteiger charge is -2.06. The number of halogens is 2. The Hall–Kier alpha value is -1.59. The van der Waals surface area contributed by atoms with Crippen molar-refractivity contribution in [2.75, 3.05) is 0 Å². The Morgan fingerprint density at radius 1 is 1.10 bits per heavy atom. The second-order valence-electron chi connectivity index (χ2n) is 4.31. The molecule has 0 saturated heterocycles. The molecule has 21 heavy (non-hydrogen) atoms. The van der Waals surface area contributed by atoms with Gasteiger partial charge in [0.15, 0.2) is 0 Å². The Morgan fingerprint density at radius 3 is 2.67 bits per heavy atom. The molecule has 2 rings (SSSR count). The molecule has 2 aromatic rings. The van der Waals surface area contributed by atoms with Crippen LogP contribution >= 0.6 is 31.9 Å². The van der Waals surface area contributed by atoms with Crippen LogP contribution in [0.1, 0.15) is 11.1 Å². The van der Waals surface area contributed by atoms with E-state index in [4.69, 9.17) is 0 Å². The van der Waals surface area contributed by atoms with E-state index in [0.717, 1.165) is 20.1 Å². The highest BCUT2D eigenvalue weighted by Gasteiger charge is 2.00. The van der Waals surface area contributed by atoms with Crippen LogP contribution in [0.3, 0.4) is 0 Å². The average molecular weight is 410 g/mol. The van der Waals surface area contributed by atoms with Crippen LogP contribution in [0.15, 0.2) is 63.7 Å². The summed E-state index contributed by atoms with van der Waals surface area (Å²) >= 11 is 6.85. The number of rotatable bonds is 4. The number of benzene rings is 2. The normalized spacial score (nSPS) is 10.6. The lowest BCUT2D eigenvalue weighted by Crippen LogP contribution is -2.31. The Morgan fingerprint density at radius 2 is 1.90 bits per heavy atom. The van der Waals surface area contributed by atoms with Gasteiger partial charge in [0, 0.05) is 21.7 Å². The number of amides is 2. The van der Waals surface area contributed by atoms with Gasteiger partial charge in [-0.3, -0.25) is 0 Å². The van der Waals surface area contributed by atoms with Crippen molar-refractivity contribution in [3.05, 3.63) is 74.8 Å². The maximum atomic E-state index is 11.7. The first-order valence-electron chi connectivity index (χ1n) is 6.35. The summed E-state index contributed by atoms with van der Waals surface area (Å²) in [5.41, 5.74) is 2.04. The number of hydrogen-bond acceptors (Lipinski definition) is 1. The zero-order valence-electron chi connectivity index (χ0n) is 11.1. The monoisotopic (exact) mass is 408 g/mol. The van der Waals surface area contributed by atoms with Crippen LogP contribution in [-0.2, 0) is 6.54 Å². The summed E-state index contributed by atoms with van der Waals surface area (Å²) in [7, 11) is 0. The smallest absolute Gasteiger partial charge is 0.319 e. The van der Waals surface area contributed by atoms with Gasteiger partial charge < -0.3 is 10.6 Å². The molecule has 0 aromatic heterocycles. The molecule has 3 nitrogen and oxygen atoms in total. The topological polar surface area (TPSA) is 41.1 Å². The van der Waals surface area contributed by atoms with E-state index in [1.165, 1.54) is 0 Å². The zero-order valence-corrected chi connectivity index (χ0v) is 14.3. The van der Waals surface area contributed by atoms with E-state index in [-0.39, 0.29) is 6.03 Å². The third-order valence-electron chi connectivity index (χ3n) is 2.74. The Balaban J connectivity index is 1.81. The van der Waals surface area contributed by atoms with Gasteiger partial charge in [-0.15, -0.1) is 0 Å². The highest BCUT2D eigenvalue weighted by Crippen LogP contribution is 2.15. The van der Waals surface area contributed by atoms with E-state index in [1.807, 2.05) is 54.6 Å². The fourth-order valence-electron chi connectivity index (χ4n) is 1.69. The second kappa shape index (κ2) is 8.00. The van der Waals surface area contributed by atoms with Crippen LogP contribution in [0.5, 0.6) is 0 Å². The van der Waals surface area contributed by atoms with Crippen LogP contribution in [0.2, 0.25) is 0 Å². The third-order valence-corrected chi connectivity index (χ3v) is 4.00. The summed E-state index contributed by atoms with van der Waals surface area (Å²) in [6, 6.07) is 15.4. The summed E-state index contributed by atoms with van der Waals surface area (Å²) in [5.74, 6) is 0. The molecule has 0 fully saturated rings. The van der Waals surface area contributed by atoms with Crippen molar-refractivity contribution in [3.63, 3.8) is 0 Å². The third kappa shape index (κ3) is 5.36. The van der Waals surface area contributed by atoms with Crippen molar-refractivity contribution in [3.8, 4) is 0 Å². The minimum Gasteiger partial charge on any atom is -0.334 e. The largest absolute Gasteiger partial charge is 0.334 e. The van der Waals surface area contributed by atoms with E-state index >= 15 is 0 Å². The zero-order chi connectivity index (χ0) is 15.1. The molecule has 108 valence electrons. The van der Waals surface area contributed by atoms with Crippen LogP contribution in [0.25, 0.3) is 6.08 Å². The van der Waals surface area contributed by atoms with Gasteiger partial charge in [-0.1, -0.05) is 62.2 Å². The molecular formula is C16H14Br2N2O. The van der Waals surface area contributed by atoms with E-state index < -0.39 is 0 Å².